The molecule has 2 saturated carbocycles. The van der Waals surface area contributed by atoms with E-state index in [0.29, 0.717) is 12.8 Å². The summed E-state index contributed by atoms with van der Waals surface area (Å²) >= 11 is 0. The van der Waals surface area contributed by atoms with E-state index < -0.39 is 12.0 Å². The third-order valence-electron chi connectivity index (χ3n) is 6.63. The van der Waals surface area contributed by atoms with Crippen molar-refractivity contribution in [2.75, 3.05) is 6.61 Å². The molecule has 1 N–H and O–H groups in total. The number of hydrogen-bond acceptors (Lipinski definition) is 2. The lowest BCUT2D eigenvalue weighted by Gasteiger charge is -2.18. The number of halogens is 2. The standard InChI is InChI=1S/C23H23F2NO2/c24-23(25)11-14-9-16(10-15(14)12-23)26-22(27)28-13-21-19-7-3-1-5-17(19)18-6-2-4-8-20(18)21/h1-8,14-16,21H,9-13H2,(H,26,27)/t14-,15+,16?. The molecule has 5 rings (SSSR count). The number of ether oxygens (including phenoxy) is 1. The molecule has 2 aromatic carbocycles. The van der Waals surface area contributed by atoms with Crippen LogP contribution in [-0.4, -0.2) is 24.7 Å². The van der Waals surface area contributed by atoms with E-state index in [1.807, 2.05) is 24.3 Å². The number of amides is 1. The van der Waals surface area contributed by atoms with Gasteiger partial charge in [-0.05, 0) is 46.9 Å². The van der Waals surface area contributed by atoms with Crippen LogP contribution in [0.4, 0.5) is 13.6 Å². The van der Waals surface area contributed by atoms with E-state index in [9.17, 15) is 13.6 Å². The second kappa shape index (κ2) is 6.57. The minimum absolute atomic E-state index is 0.0221. The normalized spacial score (nSPS) is 27.1. The minimum atomic E-state index is -2.52. The summed E-state index contributed by atoms with van der Waals surface area (Å²) in [6.45, 7) is 0.275. The molecular formula is C23H23F2NO2. The van der Waals surface area contributed by atoms with Crippen molar-refractivity contribution in [3.05, 3.63) is 59.7 Å². The predicted molar refractivity (Wildman–Crippen MR) is 102 cm³/mol. The fourth-order valence-electron chi connectivity index (χ4n) is 5.49. The highest BCUT2D eigenvalue weighted by Crippen LogP contribution is 2.51. The molecule has 3 aliphatic carbocycles. The van der Waals surface area contributed by atoms with Crippen LogP contribution in [0.2, 0.25) is 0 Å². The molecule has 0 heterocycles. The molecule has 1 unspecified atom stereocenters. The Kier molecular flexibility index (Phi) is 4.14. The molecule has 2 aromatic rings. The number of fused-ring (bicyclic) bond motifs is 4. The van der Waals surface area contributed by atoms with Gasteiger partial charge in [-0.1, -0.05) is 48.5 Å². The van der Waals surface area contributed by atoms with Crippen molar-refractivity contribution in [2.45, 2.75) is 43.6 Å². The summed E-state index contributed by atoms with van der Waals surface area (Å²) in [7, 11) is 0. The lowest BCUT2D eigenvalue weighted by atomic mass is 9.98. The van der Waals surface area contributed by atoms with Gasteiger partial charge >= 0.3 is 6.09 Å². The van der Waals surface area contributed by atoms with E-state index in [4.69, 9.17) is 4.74 Å². The Hall–Kier alpha value is -2.43. The first kappa shape index (κ1) is 17.7. The molecule has 3 atom stereocenters. The average Bonchev–Trinajstić information content (AvgIpc) is 3.26. The lowest BCUT2D eigenvalue weighted by Crippen LogP contribution is -2.35. The highest BCUT2D eigenvalue weighted by atomic mass is 19.3. The smallest absolute Gasteiger partial charge is 0.407 e. The molecule has 5 heteroatoms. The van der Waals surface area contributed by atoms with Gasteiger partial charge in [0.2, 0.25) is 5.92 Å². The van der Waals surface area contributed by atoms with Crippen LogP contribution in [0.1, 0.15) is 42.7 Å². The SMILES string of the molecule is O=C(NC1C[C@@H]2CC(F)(F)C[C@@H]2C1)OCC1c2ccccc2-c2ccccc21. The predicted octanol–water partition coefficient (Wildman–Crippen LogP) is 5.35. The van der Waals surface area contributed by atoms with E-state index in [-0.39, 0.29) is 43.2 Å². The summed E-state index contributed by atoms with van der Waals surface area (Å²) in [5, 5.41) is 2.90. The number of nitrogens with one attached hydrogen (secondary N) is 1. The van der Waals surface area contributed by atoms with Crippen LogP contribution in [0.15, 0.2) is 48.5 Å². The second-order valence-corrected chi connectivity index (χ2v) is 8.42. The van der Waals surface area contributed by atoms with Crippen LogP contribution in [0.5, 0.6) is 0 Å². The Labute approximate surface area is 163 Å². The summed E-state index contributed by atoms with van der Waals surface area (Å²) < 4.78 is 32.5. The highest BCUT2D eigenvalue weighted by molar-refractivity contribution is 5.79. The molecule has 0 spiro atoms. The van der Waals surface area contributed by atoms with Crippen LogP contribution in [0.3, 0.4) is 0 Å². The van der Waals surface area contributed by atoms with Crippen molar-refractivity contribution in [1.29, 1.82) is 0 Å². The van der Waals surface area contributed by atoms with E-state index in [2.05, 4.69) is 29.6 Å². The fourth-order valence-corrected chi connectivity index (χ4v) is 5.49. The number of benzene rings is 2. The molecule has 0 aliphatic heterocycles. The Bertz CT molecular complexity index is 851. The van der Waals surface area contributed by atoms with Crippen LogP contribution < -0.4 is 5.32 Å². The molecule has 2 fully saturated rings. The van der Waals surface area contributed by atoms with E-state index in [0.717, 1.165) is 0 Å². The Morgan fingerprint density at radius 3 is 2.07 bits per heavy atom. The number of carbonyl (C=O) groups is 1. The maximum atomic E-state index is 13.5. The third kappa shape index (κ3) is 3.07. The van der Waals surface area contributed by atoms with E-state index >= 15 is 0 Å². The van der Waals surface area contributed by atoms with Crippen LogP contribution in [0.25, 0.3) is 11.1 Å². The van der Waals surface area contributed by atoms with Gasteiger partial charge in [-0.15, -0.1) is 0 Å². The number of alkyl halides is 2. The Balaban J connectivity index is 1.21. The van der Waals surface area contributed by atoms with Gasteiger partial charge in [-0.3, -0.25) is 0 Å². The molecular weight excluding hydrogens is 360 g/mol. The van der Waals surface area contributed by atoms with E-state index in [1.165, 1.54) is 22.3 Å². The number of hydrogen-bond donors (Lipinski definition) is 1. The van der Waals surface area contributed by atoms with Gasteiger partial charge in [0.1, 0.15) is 6.61 Å². The van der Waals surface area contributed by atoms with Gasteiger partial charge in [0.05, 0.1) is 0 Å². The van der Waals surface area contributed by atoms with Crippen molar-refractivity contribution in [3.63, 3.8) is 0 Å². The summed E-state index contributed by atoms with van der Waals surface area (Å²) in [4.78, 5) is 12.3. The zero-order valence-electron chi connectivity index (χ0n) is 15.5. The lowest BCUT2D eigenvalue weighted by molar-refractivity contribution is -0.000309. The molecule has 28 heavy (non-hydrogen) atoms. The van der Waals surface area contributed by atoms with Crippen molar-refractivity contribution in [1.82, 2.24) is 5.32 Å². The molecule has 3 aliphatic rings. The topological polar surface area (TPSA) is 38.3 Å². The molecule has 1 amide bonds. The third-order valence-corrected chi connectivity index (χ3v) is 6.63. The first-order chi connectivity index (χ1) is 13.5. The van der Waals surface area contributed by atoms with Gasteiger partial charge in [-0.25, -0.2) is 13.6 Å². The fraction of sp³-hybridized carbons (Fsp3) is 0.435. The summed E-state index contributed by atoms with van der Waals surface area (Å²) in [5.41, 5.74) is 4.73. The number of rotatable bonds is 3. The quantitative estimate of drug-likeness (QED) is 0.776. The maximum Gasteiger partial charge on any atom is 0.407 e. The van der Waals surface area contributed by atoms with Crippen LogP contribution in [0, 0.1) is 11.8 Å². The van der Waals surface area contributed by atoms with Crippen molar-refractivity contribution < 1.29 is 18.3 Å². The summed E-state index contributed by atoms with van der Waals surface area (Å²) in [6, 6.07) is 16.4. The van der Waals surface area contributed by atoms with Gasteiger partial charge in [0.25, 0.3) is 0 Å². The van der Waals surface area contributed by atoms with Crippen LogP contribution >= 0.6 is 0 Å². The highest BCUT2D eigenvalue weighted by Gasteiger charge is 2.50. The van der Waals surface area contributed by atoms with Gasteiger partial charge in [0, 0.05) is 24.8 Å². The van der Waals surface area contributed by atoms with Crippen LogP contribution in [-0.2, 0) is 4.74 Å². The monoisotopic (exact) mass is 383 g/mol. The summed E-state index contributed by atoms with van der Waals surface area (Å²) in [6.07, 6.45) is 0.731. The molecule has 0 radical (unpaired) electrons. The molecule has 3 nitrogen and oxygen atoms in total. The van der Waals surface area contributed by atoms with E-state index in [1.54, 1.807) is 0 Å². The summed E-state index contributed by atoms with van der Waals surface area (Å²) in [5.74, 6) is -2.45. The largest absolute Gasteiger partial charge is 0.449 e. The van der Waals surface area contributed by atoms with Crippen molar-refractivity contribution in [3.8, 4) is 11.1 Å². The average molecular weight is 383 g/mol. The first-order valence-electron chi connectivity index (χ1n) is 9.99. The maximum absolute atomic E-state index is 13.5. The molecule has 0 bridgehead atoms. The molecule has 146 valence electrons. The number of alkyl carbamates (subject to hydrolysis) is 1. The number of carbonyl (C=O) groups excluding carboxylic acids is 1. The van der Waals surface area contributed by atoms with Gasteiger partial charge in [-0.2, -0.15) is 0 Å². The Morgan fingerprint density at radius 1 is 0.964 bits per heavy atom. The van der Waals surface area contributed by atoms with Crippen molar-refractivity contribution >= 4 is 6.09 Å². The minimum Gasteiger partial charge on any atom is -0.449 e. The molecule has 0 aromatic heterocycles. The van der Waals surface area contributed by atoms with Gasteiger partial charge in [0.15, 0.2) is 0 Å². The molecule has 0 saturated heterocycles. The second-order valence-electron chi connectivity index (χ2n) is 8.42. The van der Waals surface area contributed by atoms with Crippen molar-refractivity contribution in [2.24, 2.45) is 11.8 Å². The first-order valence-corrected chi connectivity index (χ1v) is 9.99. The van der Waals surface area contributed by atoms with Gasteiger partial charge < -0.3 is 10.1 Å². The Morgan fingerprint density at radius 2 is 1.50 bits per heavy atom. The zero-order chi connectivity index (χ0) is 19.3. The zero-order valence-corrected chi connectivity index (χ0v) is 15.5.